The minimum atomic E-state index is -2.92. The van der Waals surface area contributed by atoms with Gasteiger partial charge in [-0.05, 0) is 32.1 Å². The van der Waals surface area contributed by atoms with Crippen LogP contribution in [-0.2, 0) is 9.84 Å². The van der Waals surface area contributed by atoms with Crippen molar-refractivity contribution in [3.63, 3.8) is 0 Å². The van der Waals surface area contributed by atoms with Gasteiger partial charge in [0.25, 0.3) is 0 Å². The van der Waals surface area contributed by atoms with Crippen molar-refractivity contribution in [2.45, 2.75) is 64.7 Å². The molecule has 0 amide bonds. The zero-order chi connectivity index (χ0) is 17.5. The van der Waals surface area contributed by atoms with Crippen LogP contribution >= 0.6 is 24.0 Å². The van der Waals surface area contributed by atoms with Crippen molar-refractivity contribution in [1.82, 2.24) is 10.6 Å². The van der Waals surface area contributed by atoms with Gasteiger partial charge < -0.3 is 10.6 Å². The fraction of sp³-hybridized carbons (Fsp3) is 0.944. The Hall–Kier alpha value is -0.0500. The summed E-state index contributed by atoms with van der Waals surface area (Å²) in [5.74, 6) is 2.07. The zero-order valence-electron chi connectivity index (χ0n) is 15.8. The molecule has 0 aromatic rings. The number of halogens is 1. The molecule has 2 fully saturated rings. The molecule has 0 heterocycles. The Bertz CT molecular complexity index is 512. The van der Waals surface area contributed by atoms with E-state index in [0.29, 0.717) is 6.54 Å². The van der Waals surface area contributed by atoms with Gasteiger partial charge >= 0.3 is 0 Å². The largest absolute Gasteiger partial charge is 0.357 e. The first-order valence-corrected chi connectivity index (χ1v) is 11.7. The molecule has 0 atom stereocenters. The van der Waals surface area contributed by atoms with Crippen LogP contribution in [0.5, 0.6) is 0 Å². The van der Waals surface area contributed by atoms with Gasteiger partial charge in [-0.3, -0.25) is 4.99 Å². The number of unbranched alkanes of at least 4 members (excludes halogenated alkanes) is 1. The fourth-order valence-corrected chi connectivity index (χ4v) is 5.23. The number of rotatable bonds is 10. The molecule has 0 saturated heterocycles. The highest BCUT2D eigenvalue weighted by molar-refractivity contribution is 14.0. The highest BCUT2D eigenvalue weighted by atomic mass is 127. The summed E-state index contributed by atoms with van der Waals surface area (Å²) in [6, 6.07) is 0. The van der Waals surface area contributed by atoms with Crippen molar-refractivity contribution in [3.05, 3.63) is 0 Å². The molecule has 0 aromatic carbocycles. The molecule has 0 aliphatic heterocycles. The summed E-state index contributed by atoms with van der Waals surface area (Å²) in [6.07, 6.45) is 12.8. The molecule has 2 rings (SSSR count). The molecule has 0 radical (unpaired) electrons. The summed E-state index contributed by atoms with van der Waals surface area (Å²) in [7, 11) is -2.92. The topological polar surface area (TPSA) is 70.6 Å². The van der Waals surface area contributed by atoms with Crippen LogP contribution in [0.1, 0.15) is 64.7 Å². The zero-order valence-corrected chi connectivity index (χ0v) is 19.0. The van der Waals surface area contributed by atoms with E-state index in [4.69, 9.17) is 0 Å². The third-order valence-corrected chi connectivity index (χ3v) is 6.39. The lowest BCUT2D eigenvalue weighted by molar-refractivity contribution is 0.472. The number of hydrogen-bond donors (Lipinski definition) is 2. The van der Waals surface area contributed by atoms with E-state index in [1.165, 1.54) is 51.2 Å². The monoisotopic (exact) mass is 485 g/mol. The highest BCUT2D eigenvalue weighted by Gasteiger charge is 2.45. The number of sulfone groups is 1. The Kier molecular flexibility index (Phi) is 10.1. The van der Waals surface area contributed by atoms with Gasteiger partial charge in [-0.25, -0.2) is 8.42 Å². The first-order chi connectivity index (χ1) is 11.4. The van der Waals surface area contributed by atoms with Gasteiger partial charge in [-0.15, -0.1) is 24.0 Å². The second-order valence-electron chi connectivity index (χ2n) is 7.84. The summed E-state index contributed by atoms with van der Waals surface area (Å²) >= 11 is 0. The molecule has 0 aromatic heterocycles. The summed E-state index contributed by atoms with van der Waals surface area (Å²) < 4.78 is 23.1. The fourth-order valence-electron chi connectivity index (χ4n) is 3.73. The van der Waals surface area contributed by atoms with Crippen molar-refractivity contribution in [2.75, 3.05) is 31.6 Å². The SMILES string of the molecule is CCNC(=NCC1(CS(C)(=O)=O)CC1)NCCCCC1CCCC1.I. The Morgan fingerprint density at radius 1 is 1.16 bits per heavy atom. The van der Waals surface area contributed by atoms with E-state index in [-0.39, 0.29) is 35.1 Å². The molecule has 0 unspecified atom stereocenters. The van der Waals surface area contributed by atoms with Gasteiger partial charge in [0.05, 0.1) is 5.75 Å². The third kappa shape index (κ3) is 9.45. The van der Waals surface area contributed by atoms with Gasteiger partial charge in [0.1, 0.15) is 9.84 Å². The number of aliphatic imine (C=N–C) groups is 1. The van der Waals surface area contributed by atoms with Crippen LogP contribution in [0.25, 0.3) is 0 Å². The molecular formula is C18H36IN3O2S. The van der Waals surface area contributed by atoms with Crippen LogP contribution < -0.4 is 10.6 Å². The van der Waals surface area contributed by atoms with Crippen LogP contribution in [0.3, 0.4) is 0 Å². The van der Waals surface area contributed by atoms with Gasteiger partial charge in [0.15, 0.2) is 5.96 Å². The Balaban J connectivity index is 0.00000312. The molecule has 5 nitrogen and oxygen atoms in total. The van der Waals surface area contributed by atoms with E-state index in [1.54, 1.807) is 0 Å². The standard InChI is InChI=1S/C18H35N3O2S.HI/c1-3-19-17(20-13-7-6-10-16-8-4-5-9-16)21-14-18(11-12-18)15-24(2,22)23;/h16H,3-15H2,1-2H3,(H2,19,20,21);1H. The summed E-state index contributed by atoms with van der Waals surface area (Å²) in [6.45, 7) is 4.43. The van der Waals surface area contributed by atoms with Gasteiger partial charge in [-0.2, -0.15) is 0 Å². The second-order valence-corrected chi connectivity index (χ2v) is 9.98. The van der Waals surface area contributed by atoms with Crippen LogP contribution in [0.2, 0.25) is 0 Å². The molecule has 2 saturated carbocycles. The molecular weight excluding hydrogens is 449 g/mol. The van der Waals surface area contributed by atoms with Crippen molar-refractivity contribution in [2.24, 2.45) is 16.3 Å². The maximum Gasteiger partial charge on any atom is 0.191 e. The molecule has 2 N–H and O–H groups in total. The first-order valence-electron chi connectivity index (χ1n) is 9.62. The molecule has 2 aliphatic rings. The lowest BCUT2D eigenvalue weighted by Crippen LogP contribution is -2.38. The minimum absolute atomic E-state index is 0. The third-order valence-electron chi connectivity index (χ3n) is 5.25. The van der Waals surface area contributed by atoms with E-state index in [2.05, 4.69) is 22.5 Å². The second kappa shape index (κ2) is 10.9. The molecule has 0 spiro atoms. The minimum Gasteiger partial charge on any atom is -0.357 e. The molecule has 25 heavy (non-hydrogen) atoms. The number of hydrogen-bond acceptors (Lipinski definition) is 3. The van der Waals surface area contributed by atoms with Crippen LogP contribution in [0, 0.1) is 11.3 Å². The van der Waals surface area contributed by atoms with E-state index >= 15 is 0 Å². The number of guanidine groups is 1. The molecule has 7 heteroatoms. The van der Waals surface area contributed by atoms with Crippen molar-refractivity contribution >= 4 is 39.8 Å². The predicted molar refractivity (Wildman–Crippen MR) is 117 cm³/mol. The summed E-state index contributed by atoms with van der Waals surface area (Å²) in [5, 5.41) is 6.67. The quantitative estimate of drug-likeness (QED) is 0.216. The van der Waals surface area contributed by atoms with Crippen LogP contribution in [0.15, 0.2) is 4.99 Å². The maximum atomic E-state index is 11.5. The van der Waals surface area contributed by atoms with Crippen molar-refractivity contribution in [1.29, 1.82) is 0 Å². The molecule has 148 valence electrons. The predicted octanol–water partition coefficient (Wildman–Crippen LogP) is 3.34. The lowest BCUT2D eigenvalue weighted by atomic mass is 10.0. The van der Waals surface area contributed by atoms with E-state index in [9.17, 15) is 8.42 Å². The van der Waals surface area contributed by atoms with Crippen LogP contribution in [0.4, 0.5) is 0 Å². The van der Waals surface area contributed by atoms with E-state index < -0.39 is 9.84 Å². The summed E-state index contributed by atoms with van der Waals surface area (Å²) in [5.41, 5.74) is -0.0988. The maximum absolute atomic E-state index is 11.5. The van der Waals surface area contributed by atoms with Gasteiger partial charge in [0.2, 0.25) is 0 Å². The normalized spacial score (nSPS) is 20.2. The molecule has 2 aliphatic carbocycles. The Labute approximate surface area is 171 Å². The first kappa shape index (κ1) is 23.0. The van der Waals surface area contributed by atoms with E-state index in [0.717, 1.165) is 37.8 Å². The Morgan fingerprint density at radius 2 is 1.84 bits per heavy atom. The highest BCUT2D eigenvalue weighted by Crippen LogP contribution is 2.46. The summed E-state index contributed by atoms with van der Waals surface area (Å²) in [4.78, 5) is 4.64. The van der Waals surface area contributed by atoms with E-state index in [1.807, 2.05) is 0 Å². The average Bonchev–Trinajstić information content (AvgIpc) is 3.05. The van der Waals surface area contributed by atoms with Gasteiger partial charge in [0, 0.05) is 31.3 Å². The lowest BCUT2D eigenvalue weighted by Gasteiger charge is -2.15. The number of nitrogens with zero attached hydrogens (tertiary/aromatic N) is 1. The van der Waals surface area contributed by atoms with Gasteiger partial charge in [-0.1, -0.05) is 38.5 Å². The Morgan fingerprint density at radius 3 is 2.40 bits per heavy atom. The smallest absolute Gasteiger partial charge is 0.191 e. The number of nitrogens with one attached hydrogen (secondary N) is 2. The average molecular weight is 485 g/mol. The van der Waals surface area contributed by atoms with Crippen molar-refractivity contribution < 1.29 is 8.42 Å². The van der Waals surface area contributed by atoms with Crippen molar-refractivity contribution in [3.8, 4) is 0 Å². The molecule has 0 bridgehead atoms. The van der Waals surface area contributed by atoms with Crippen LogP contribution in [-0.4, -0.2) is 46.0 Å².